The monoisotopic (exact) mass is 296 g/mol. The fourth-order valence-electron chi connectivity index (χ4n) is 1.82. The van der Waals surface area contributed by atoms with Crippen LogP contribution in [0.2, 0.25) is 0 Å². The van der Waals surface area contributed by atoms with Crippen LogP contribution in [0.15, 0.2) is 60.3 Å². The van der Waals surface area contributed by atoms with Crippen molar-refractivity contribution < 1.29 is 4.84 Å². The van der Waals surface area contributed by atoms with Gasteiger partial charge in [0.05, 0.1) is 10.6 Å². The fraction of sp³-hybridized carbons (Fsp3) is 0.0667. The van der Waals surface area contributed by atoms with Gasteiger partial charge in [0, 0.05) is 30.4 Å². The number of rotatable bonds is 4. The number of aromatic nitrogens is 3. The molecule has 0 saturated carbocycles. The summed E-state index contributed by atoms with van der Waals surface area (Å²) in [6, 6.07) is 9.53. The second-order valence-corrected chi connectivity index (χ2v) is 5.14. The third-order valence-corrected chi connectivity index (χ3v) is 3.79. The molecule has 3 aromatic heterocycles. The van der Waals surface area contributed by atoms with Gasteiger partial charge in [0.25, 0.3) is 0 Å². The van der Waals surface area contributed by atoms with Crippen molar-refractivity contribution in [1.29, 1.82) is 0 Å². The zero-order chi connectivity index (χ0) is 14.5. The molecule has 5 nitrogen and oxygen atoms in total. The molecular formula is C15H12N4OS. The van der Waals surface area contributed by atoms with E-state index in [0.29, 0.717) is 5.71 Å². The molecule has 0 unspecified atom stereocenters. The Balaban J connectivity index is 1.99. The Morgan fingerprint density at radius 1 is 1.10 bits per heavy atom. The maximum atomic E-state index is 4.94. The number of pyridine rings is 2. The smallest absolute Gasteiger partial charge is 0.147 e. The molecule has 0 saturated heterocycles. The van der Waals surface area contributed by atoms with Gasteiger partial charge in [0.15, 0.2) is 0 Å². The quantitative estimate of drug-likeness (QED) is 0.548. The molecule has 3 rings (SSSR count). The van der Waals surface area contributed by atoms with Crippen LogP contribution in [0.5, 0.6) is 0 Å². The van der Waals surface area contributed by atoms with Gasteiger partial charge in [-0.3, -0.25) is 9.97 Å². The van der Waals surface area contributed by atoms with E-state index < -0.39 is 0 Å². The van der Waals surface area contributed by atoms with Gasteiger partial charge < -0.3 is 4.84 Å². The van der Waals surface area contributed by atoms with Crippen molar-refractivity contribution in [3.8, 4) is 10.6 Å². The predicted octanol–water partition coefficient (Wildman–Crippen LogP) is 3.00. The highest BCUT2D eigenvalue weighted by atomic mass is 32.1. The minimum atomic E-state index is 0.672. The molecule has 0 atom stereocenters. The molecule has 0 aliphatic carbocycles. The van der Waals surface area contributed by atoms with E-state index in [-0.39, 0.29) is 0 Å². The van der Waals surface area contributed by atoms with Gasteiger partial charge in [-0.1, -0.05) is 11.2 Å². The molecule has 3 aromatic rings. The SMILES string of the molecule is CO/N=C(\c1ccccn1)c1cnc(-c2cccnc2)s1. The van der Waals surface area contributed by atoms with Gasteiger partial charge >= 0.3 is 0 Å². The largest absolute Gasteiger partial charge is 0.399 e. The third-order valence-electron chi connectivity index (χ3n) is 2.74. The second-order valence-electron chi connectivity index (χ2n) is 4.11. The molecular weight excluding hydrogens is 284 g/mol. The molecule has 0 fully saturated rings. The van der Waals surface area contributed by atoms with E-state index in [2.05, 4.69) is 20.1 Å². The van der Waals surface area contributed by atoms with Crippen molar-refractivity contribution in [3.05, 3.63) is 65.7 Å². The first-order valence-electron chi connectivity index (χ1n) is 6.27. The number of nitrogens with zero attached hydrogens (tertiary/aromatic N) is 4. The summed E-state index contributed by atoms with van der Waals surface area (Å²) in [6.45, 7) is 0. The van der Waals surface area contributed by atoms with E-state index in [4.69, 9.17) is 4.84 Å². The second kappa shape index (κ2) is 6.23. The normalized spacial score (nSPS) is 11.4. The Morgan fingerprint density at radius 2 is 2.05 bits per heavy atom. The van der Waals surface area contributed by atoms with Gasteiger partial charge in [0.1, 0.15) is 17.8 Å². The minimum Gasteiger partial charge on any atom is -0.399 e. The first kappa shape index (κ1) is 13.4. The van der Waals surface area contributed by atoms with Crippen LogP contribution in [-0.4, -0.2) is 27.8 Å². The molecule has 0 N–H and O–H groups in total. The van der Waals surface area contributed by atoms with Crippen LogP contribution in [0.25, 0.3) is 10.6 Å². The Morgan fingerprint density at radius 3 is 2.76 bits per heavy atom. The van der Waals surface area contributed by atoms with E-state index in [1.54, 1.807) is 24.8 Å². The molecule has 0 aliphatic heterocycles. The lowest BCUT2D eigenvalue weighted by atomic mass is 10.2. The molecule has 0 spiro atoms. The third kappa shape index (κ3) is 2.95. The molecule has 0 amide bonds. The lowest BCUT2D eigenvalue weighted by molar-refractivity contribution is 0.214. The summed E-state index contributed by atoms with van der Waals surface area (Å²) in [6.07, 6.45) is 7.03. The van der Waals surface area contributed by atoms with E-state index in [1.165, 1.54) is 18.4 Å². The van der Waals surface area contributed by atoms with E-state index in [9.17, 15) is 0 Å². The summed E-state index contributed by atoms with van der Waals surface area (Å²) in [5, 5.41) is 4.97. The molecule has 104 valence electrons. The van der Waals surface area contributed by atoms with Gasteiger partial charge in [-0.25, -0.2) is 4.98 Å². The molecule has 0 radical (unpaired) electrons. The van der Waals surface area contributed by atoms with Crippen molar-refractivity contribution in [2.45, 2.75) is 0 Å². The van der Waals surface area contributed by atoms with Gasteiger partial charge in [-0.05, 0) is 24.3 Å². The van der Waals surface area contributed by atoms with E-state index in [0.717, 1.165) is 21.1 Å². The summed E-state index contributed by atoms with van der Waals surface area (Å²) in [4.78, 5) is 18.7. The Labute approximate surface area is 126 Å². The van der Waals surface area contributed by atoms with Gasteiger partial charge in [0.2, 0.25) is 0 Å². The fourth-order valence-corrected chi connectivity index (χ4v) is 2.71. The topological polar surface area (TPSA) is 60.3 Å². The molecule has 6 heteroatoms. The van der Waals surface area contributed by atoms with Gasteiger partial charge in [-0.15, -0.1) is 11.3 Å². The van der Waals surface area contributed by atoms with Crippen LogP contribution < -0.4 is 0 Å². The molecule has 3 heterocycles. The van der Waals surface area contributed by atoms with Crippen LogP contribution in [-0.2, 0) is 4.84 Å². The van der Waals surface area contributed by atoms with Crippen molar-refractivity contribution in [2.75, 3.05) is 7.11 Å². The summed E-state index contributed by atoms with van der Waals surface area (Å²) in [7, 11) is 1.52. The summed E-state index contributed by atoms with van der Waals surface area (Å²) in [5.74, 6) is 0. The molecule has 0 bridgehead atoms. The number of hydrogen-bond acceptors (Lipinski definition) is 6. The Bertz CT molecular complexity index is 741. The first-order chi connectivity index (χ1) is 10.4. The zero-order valence-corrected chi connectivity index (χ0v) is 12.1. The number of oxime groups is 1. The Hall–Kier alpha value is -2.60. The number of thiazole rings is 1. The maximum Gasteiger partial charge on any atom is 0.147 e. The predicted molar refractivity (Wildman–Crippen MR) is 82.2 cm³/mol. The summed E-state index contributed by atoms with van der Waals surface area (Å²) >= 11 is 1.53. The first-order valence-corrected chi connectivity index (χ1v) is 7.09. The van der Waals surface area contributed by atoms with Crippen LogP contribution in [0.3, 0.4) is 0 Å². The van der Waals surface area contributed by atoms with Crippen LogP contribution in [0.4, 0.5) is 0 Å². The van der Waals surface area contributed by atoms with Crippen molar-refractivity contribution in [1.82, 2.24) is 15.0 Å². The van der Waals surface area contributed by atoms with Gasteiger partial charge in [-0.2, -0.15) is 0 Å². The minimum absolute atomic E-state index is 0.672. The highest BCUT2D eigenvalue weighted by Gasteiger charge is 2.14. The van der Waals surface area contributed by atoms with E-state index >= 15 is 0 Å². The summed E-state index contributed by atoms with van der Waals surface area (Å²) in [5.41, 5.74) is 2.40. The number of hydrogen-bond donors (Lipinski definition) is 0. The standard InChI is InChI=1S/C15H12N4OS/c1-20-19-14(12-6-2-3-8-17-12)13-10-18-15(21-13)11-5-4-7-16-9-11/h2-10H,1H3/b19-14+. The van der Waals surface area contributed by atoms with Crippen molar-refractivity contribution in [3.63, 3.8) is 0 Å². The molecule has 0 aliphatic rings. The van der Waals surface area contributed by atoms with Crippen LogP contribution in [0.1, 0.15) is 10.6 Å². The van der Waals surface area contributed by atoms with E-state index in [1.807, 2.05) is 30.3 Å². The van der Waals surface area contributed by atoms with Crippen molar-refractivity contribution >= 4 is 17.0 Å². The van der Waals surface area contributed by atoms with Crippen molar-refractivity contribution in [2.24, 2.45) is 5.16 Å². The lowest BCUT2D eigenvalue weighted by Gasteiger charge is -2.01. The molecule has 21 heavy (non-hydrogen) atoms. The lowest BCUT2D eigenvalue weighted by Crippen LogP contribution is -2.03. The average Bonchev–Trinajstić information content (AvgIpc) is 3.04. The van der Waals surface area contributed by atoms with Crippen LogP contribution in [0, 0.1) is 0 Å². The van der Waals surface area contributed by atoms with Crippen LogP contribution >= 0.6 is 11.3 Å². The average molecular weight is 296 g/mol. The maximum absolute atomic E-state index is 4.94. The summed E-state index contributed by atoms with van der Waals surface area (Å²) < 4.78 is 0. The highest BCUT2D eigenvalue weighted by Crippen LogP contribution is 2.26. The Kier molecular flexibility index (Phi) is 3.97. The molecule has 0 aromatic carbocycles. The zero-order valence-electron chi connectivity index (χ0n) is 11.3. The highest BCUT2D eigenvalue weighted by molar-refractivity contribution is 7.17.